The monoisotopic (exact) mass is 246 g/mol. The van der Waals surface area contributed by atoms with Gasteiger partial charge in [-0.05, 0) is 49.7 Å². The number of hydrogen-bond acceptors (Lipinski definition) is 3. The van der Waals surface area contributed by atoms with Crippen molar-refractivity contribution in [2.75, 3.05) is 0 Å². The predicted octanol–water partition coefficient (Wildman–Crippen LogP) is 2.12. The van der Waals surface area contributed by atoms with Gasteiger partial charge < -0.3 is 4.74 Å². The molecular formula is C15H22N2O. The molecule has 1 aromatic rings. The van der Waals surface area contributed by atoms with Crippen LogP contribution in [0.5, 0.6) is 0 Å². The van der Waals surface area contributed by atoms with Crippen molar-refractivity contribution in [3.8, 4) is 0 Å². The fraction of sp³-hybridized carbons (Fsp3) is 0.600. The van der Waals surface area contributed by atoms with Crippen LogP contribution in [0.25, 0.3) is 0 Å². The van der Waals surface area contributed by atoms with Gasteiger partial charge in [0.15, 0.2) is 0 Å². The average Bonchev–Trinajstić information content (AvgIpc) is 2.77. The Morgan fingerprint density at radius 3 is 2.89 bits per heavy atom. The van der Waals surface area contributed by atoms with Gasteiger partial charge in [0.1, 0.15) is 0 Å². The molecule has 1 fully saturated rings. The van der Waals surface area contributed by atoms with Crippen LogP contribution >= 0.6 is 0 Å². The largest absolute Gasteiger partial charge is 0.374 e. The molecular weight excluding hydrogens is 224 g/mol. The van der Waals surface area contributed by atoms with Crippen LogP contribution in [0.4, 0.5) is 0 Å². The van der Waals surface area contributed by atoms with Gasteiger partial charge in [0.2, 0.25) is 0 Å². The van der Waals surface area contributed by atoms with Crippen LogP contribution in [0, 0.1) is 0 Å². The molecule has 1 aromatic carbocycles. The number of rotatable bonds is 4. The summed E-state index contributed by atoms with van der Waals surface area (Å²) in [6.45, 7) is 2.15. The fourth-order valence-corrected chi connectivity index (χ4v) is 3.34. The first-order valence-corrected chi connectivity index (χ1v) is 6.97. The first-order chi connectivity index (χ1) is 8.78. The lowest BCUT2D eigenvalue weighted by atomic mass is 9.74. The Balaban J connectivity index is 1.62. The first kappa shape index (κ1) is 12.2. The minimum atomic E-state index is 0.285. The molecule has 0 radical (unpaired) electrons. The number of hydrogen-bond donors (Lipinski definition) is 2. The lowest BCUT2D eigenvalue weighted by molar-refractivity contribution is 0.0279. The Hall–Kier alpha value is -0.900. The third-order valence-corrected chi connectivity index (χ3v) is 4.43. The van der Waals surface area contributed by atoms with Gasteiger partial charge in [-0.3, -0.25) is 11.3 Å². The molecule has 1 aliphatic carbocycles. The standard InChI is InChI=1S/C15H22N2O/c1-10-6-7-15(18-10)14(17-16)9-12-8-11-4-2-3-5-13(11)12/h2-5,10,12,14-15,17H,6-9,16H2,1H3. The molecule has 0 aromatic heterocycles. The minimum Gasteiger partial charge on any atom is -0.374 e. The molecule has 98 valence electrons. The molecule has 0 spiro atoms. The Morgan fingerprint density at radius 2 is 2.22 bits per heavy atom. The highest BCUT2D eigenvalue weighted by Crippen LogP contribution is 2.39. The normalized spacial score (nSPS) is 31.8. The number of fused-ring (bicyclic) bond motifs is 1. The second-order valence-corrected chi connectivity index (χ2v) is 5.67. The van der Waals surface area contributed by atoms with E-state index in [0.717, 1.165) is 19.3 Å². The van der Waals surface area contributed by atoms with Gasteiger partial charge in [-0.2, -0.15) is 0 Å². The highest BCUT2D eigenvalue weighted by Gasteiger charge is 2.34. The van der Waals surface area contributed by atoms with Gasteiger partial charge in [0, 0.05) is 6.04 Å². The van der Waals surface area contributed by atoms with Gasteiger partial charge in [-0.25, -0.2) is 0 Å². The summed E-state index contributed by atoms with van der Waals surface area (Å²) in [5.41, 5.74) is 5.97. The van der Waals surface area contributed by atoms with Gasteiger partial charge in [0.05, 0.1) is 12.2 Å². The van der Waals surface area contributed by atoms with Crippen molar-refractivity contribution in [3.05, 3.63) is 35.4 Å². The lowest BCUT2D eigenvalue weighted by Gasteiger charge is -2.34. The van der Waals surface area contributed by atoms with Crippen molar-refractivity contribution in [1.82, 2.24) is 5.43 Å². The van der Waals surface area contributed by atoms with E-state index in [4.69, 9.17) is 10.6 Å². The zero-order chi connectivity index (χ0) is 12.5. The molecule has 18 heavy (non-hydrogen) atoms. The maximum atomic E-state index is 5.93. The third kappa shape index (κ3) is 2.18. The average molecular weight is 246 g/mol. The number of benzene rings is 1. The Kier molecular flexibility index (Phi) is 3.37. The SMILES string of the molecule is CC1CCC(C(CC2Cc3ccccc32)NN)O1. The summed E-state index contributed by atoms with van der Waals surface area (Å²) in [4.78, 5) is 0. The maximum Gasteiger partial charge on any atom is 0.0746 e. The number of nitrogens with one attached hydrogen (secondary N) is 1. The summed E-state index contributed by atoms with van der Waals surface area (Å²) in [6, 6.07) is 9.01. The van der Waals surface area contributed by atoms with Crippen LogP contribution < -0.4 is 11.3 Å². The van der Waals surface area contributed by atoms with Gasteiger partial charge >= 0.3 is 0 Å². The van der Waals surface area contributed by atoms with Crippen LogP contribution in [-0.2, 0) is 11.2 Å². The van der Waals surface area contributed by atoms with Crippen molar-refractivity contribution in [1.29, 1.82) is 0 Å². The first-order valence-electron chi connectivity index (χ1n) is 6.97. The van der Waals surface area contributed by atoms with Gasteiger partial charge in [-0.15, -0.1) is 0 Å². The Labute approximate surface area is 109 Å². The molecule has 3 nitrogen and oxygen atoms in total. The second-order valence-electron chi connectivity index (χ2n) is 5.67. The predicted molar refractivity (Wildman–Crippen MR) is 72.2 cm³/mol. The van der Waals surface area contributed by atoms with E-state index >= 15 is 0 Å². The topological polar surface area (TPSA) is 47.3 Å². The van der Waals surface area contributed by atoms with Crippen LogP contribution in [0.1, 0.15) is 43.2 Å². The molecule has 4 unspecified atom stereocenters. The van der Waals surface area contributed by atoms with Gasteiger partial charge in [-0.1, -0.05) is 24.3 Å². The molecule has 1 saturated heterocycles. The molecule has 3 heteroatoms. The summed E-state index contributed by atoms with van der Waals surface area (Å²) < 4.78 is 5.93. The van der Waals surface area contributed by atoms with Crippen molar-refractivity contribution in [2.24, 2.45) is 5.84 Å². The molecule has 0 amide bonds. The van der Waals surface area contributed by atoms with Crippen LogP contribution in [0.2, 0.25) is 0 Å². The zero-order valence-electron chi connectivity index (χ0n) is 10.9. The second kappa shape index (κ2) is 5.00. The number of hydrazine groups is 1. The Morgan fingerprint density at radius 1 is 1.39 bits per heavy atom. The molecule has 3 rings (SSSR count). The zero-order valence-corrected chi connectivity index (χ0v) is 10.9. The van der Waals surface area contributed by atoms with E-state index < -0.39 is 0 Å². The van der Waals surface area contributed by atoms with Crippen LogP contribution in [-0.4, -0.2) is 18.2 Å². The number of ether oxygens (including phenoxy) is 1. The summed E-state index contributed by atoms with van der Waals surface area (Å²) in [7, 11) is 0. The number of nitrogens with two attached hydrogens (primary N) is 1. The quantitative estimate of drug-likeness (QED) is 0.632. The van der Waals surface area contributed by atoms with Crippen molar-refractivity contribution < 1.29 is 4.74 Å². The molecule has 1 aliphatic heterocycles. The minimum absolute atomic E-state index is 0.285. The van der Waals surface area contributed by atoms with Crippen molar-refractivity contribution in [3.63, 3.8) is 0 Å². The Bertz CT molecular complexity index is 421. The van der Waals surface area contributed by atoms with E-state index in [2.05, 4.69) is 36.6 Å². The molecule has 1 heterocycles. The fourth-order valence-electron chi connectivity index (χ4n) is 3.34. The van der Waals surface area contributed by atoms with Crippen LogP contribution in [0.15, 0.2) is 24.3 Å². The molecule has 2 aliphatic rings. The van der Waals surface area contributed by atoms with Gasteiger partial charge in [0.25, 0.3) is 0 Å². The van der Waals surface area contributed by atoms with Crippen molar-refractivity contribution >= 4 is 0 Å². The molecule has 4 atom stereocenters. The summed E-state index contributed by atoms with van der Waals surface area (Å²) in [6.07, 6.45) is 5.24. The van der Waals surface area contributed by atoms with E-state index in [1.807, 2.05) is 0 Å². The summed E-state index contributed by atoms with van der Waals surface area (Å²) in [5.74, 6) is 6.37. The van der Waals surface area contributed by atoms with Crippen LogP contribution in [0.3, 0.4) is 0 Å². The molecule has 0 saturated carbocycles. The van der Waals surface area contributed by atoms with E-state index in [9.17, 15) is 0 Å². The summed E-state index contributed by atoms with van der Waals surface area (Å²) >= 11 is 0. The van der Waals surface area contributed by atoms with Crippen molar-refractivity contribution in [2.45, 2.75) is 56.8 Å². The summed E-state index contributed by atoms with van der Waals surface area (Å²) in [5, 5.41) is 0. The third-order valence-electron chi connectivity index (χ3n) is 4.43. The molecule has 0 bridgehead atoms. The molecule has 3 N–H and O–H groups in total. The highest BCUT2D eigenvalue weighted by atomic mass is 16.5. The highest BCUT2D eigenvalue weighted by molar-refractivity contribution is 5.39. The van der Waals surface area contributed by atoms with E-state index in [-0.39, 0.29) is 12.1 Å². The lowest BCUT2D eigenvalue weighted by Crippen LogP contribution is -2.45. The van der Waals surface area contributed by atoms with E-state index in [0.29, 0.717) is 12.0 Å². The van der Waals surface area contributed by atoms with E-state index in [1.165, 1.54) is 17.5 Å². The smallest absolute Gasteiger partial charge is 0.0746 e. The maximum absolute atomic E-state index is 5.93. The van der Waals surface area contributed by atoms with E-state index in [1.54, 1.807) is 0 Å².